The van der Waals surface area contributed by atoms with E-state index in [0.29, 0.717) is 0 Å². The third kappa shape index (κ3) is 10.5. The summed E-state index contributed by atoms with van der Waals surface area (Å²) in [6, 6.07) is 27.1. The Labute approximate surface area is 314 Å². The van der Waals surface area contributed by atoms with Crippen molar-refractivity contribution >= 4 is 27.5 Å². The molecule has 5 heteroatoms. The molecule has 1 N–H and O–H groups in total. The molecule has 50 heavy (non-hydrogen) atoms. The Morgan fingerprint density at radius 3 is 2.14 bits per heavy atom. The number of pyridine rings is 1. The molecule has 4 nitrogen and oxygen atoms in total. The molecule has 0 aliphatic rings. The molecule has 0 unspecified atom stereocenters. The summed E-state index contributed by atoms with van der Waals surface area (Å²) in [7, 11) is 0. The molecule has 2 aromatic heterocycles. The van der Waals surface area contributed by atoms with E-state index in [2.05, 4.69) is 108 Å². The topological polar surface area (TPSA) is 63.3 Å². The number of aliphatic hydroxyl groups excluding tert-OH is 1. The zero-order chi connectivity index (χ0) is 35.9. The minimum Gasteiger partial charge on any atom is -0.512 e. The van der Waals surface area contributed by atoms with Gasteiger partial charge in [-0.05, 0) is 66.7 Å². The Hall–Kier alpha value is -3.53. The molecule has 0 aliphatic carbocycles. The van der Waals surface area contributed by atoms with E-state index in [-0.39, 0.29) is 54.3 Å². The molecule has 0 bridgehead atoms. The van der Waals surface area contributed by atoms with Crippen molar-refractivity contribution in [1.82, 2.24) is 4.98 Å². The average molecular weight is 851 g/mol. The van der Waals surface area contributed by atoms with E-state index in [1.165, 1.54) is 22.6 Å². The number of furan rings is 1. The molecule has 2 heterocycles. The smallest absolute Gasteiger partial charge is 0.162 e. The van der Waals surface area contributed by atoms with Gasteiger partial charge in [0, 0.05) is 60.9 Å². The van der Waals surface area contributed by atoms with Gasteiger partial charge in [-0.1, -0.05) is 117 Å². The fourth-order valence-electron chi connectivity index (χ4n) is 6.44. The predicted octanol–water partition coefficient (Wildman–Crippen LogP) is 12.9. The molecule has 0 aliphatic heterocycles. The zero-order valence-electron chi connectivity index (χ0n) is 31.7. The van der Waals surface area contributed by atoms with Crippen LogP contribution in [0, 0.1) is 23.3 Å². The number of hydrogen-bond acceptors (Lipinski definition) is 4. The first-order valence-corrected chi connectivity index (χ1v) is 18.1. The number of nitrogens with zero attached hydrogens (tertiary/aromatic N) is 1. The summed E-state index contributed by atoms with van der Waals surface area (Å²) in [6.07, 6.45) is 7.79. The van der Waals surface area contributed by atoms with Crippen molar-refractivity contribution in [2.24, 2.45) is 17.3 Å². The number of allylic oxidation sites excluding steroid dienone is 2. The van der Waals surface area contributed by atoms with Crippen LogP contribution in [0.5, 0.6) is 0 Å². The summed E-state index contributed by atoms with van der Waals surface area (Å²) in [5.41, 5.74) is 6.74. The first-order valence-electron chi connectivity index (χ1n) is 18.1. The molecule has 0 spiro atoms. The summed E-state index contributed by atoms with van der Waals surface area (Å²) >= 11 is 0. The Morgan fingerprint density at radius 1 is 0.860 bits per heavy atom. The van der Waals surface area contributed by atoms with Crippen molar-refractivity contribution in [2.75, 3.05) is 0 Å². The van der Waals surface area contributed by atoms with Crippen LogP contribution >= 0.6 is 0 Å². The maximum Gasteiger partial charge on any atom is 0.162 e. The molecule has 0 fully saturated rings. The molecule has 3 aromatic carbocycles. The van der Waals surface area contributed by atoms with Gasteiger partial charge >= 0.3 is 0 Å². The van der Waals surface area contributed by atoms with Crippen molar-refractivity contribution in [3.63, 3.8) is 0 Å². The van der Waals surface area contributed by atoms with Crippen LogP contribution < -0.4 is 0 Å². The average Bonchev–Trinajstić information content (AvgIpc) is 3.48. The molecular formula is C45H56IrNO3-. The minimum atomic E-state index is 0. The largest absolute Gasteiger partial charge is 0.512 e. The molecule has 0 amide bonds. The molecular weight excluding hydrogens is 795 g/mol. The maximum absolute atomic E-state index is 11.7. The molecule has 1 radical (unpaired) electrons. The Kier molecular flexibility index (Phi) is 14.4. The summed E-state index contributed by atoms with van der Waals surface area (Å²) in [4.78, 5) is 16.4. The fourth-order valence-corrected chi connectivity index (χ4v) is 6.44. The van der Waals surface area contributed by atoms with Gasteiger partial charge in [-0.3, -0.25) is 9.78 Å². The van der Waals surface area contributed by atoms with E-state index >= 15 is 0 Å². The molecule has 0 saturated heterocycles. The first-order chi connectivity index (χ1) is 23.2. The third-order valence-corrected chi connectivity index (χ3v) is 9.30. The molecule has 0 atom stereocenters. The number of carbonyl (C=O) groups is 1. The Balaban J connectivity index is 0.000000361. The van der Waals surface area contributed by atoms with Gasteiger partial charge < -0.3 is 9.52 Å². The van der Waals surface area contributed by atoms with Crippen molar-refractivity contribution in [3.8, 4) is 22.6 Å². The van der Waals surface area contributed by atoms with Gasteiger partial charge in [0.25, 0.3) is 0 Å². The summed E-state index contributed by atoms with van der Waals surface area (Å²) < 4.78 is 6.31. The normalized spacial score (nSPS) is 12.3. The number of carbonyl (C=O) groups excluding carboxylic acids is 1. The van der Waals surface area contributed by atoms with Crippen LogP contribution in [-0.4, -0.2) is 15.9 Å². The summed E-state index contributed by atoms with van der Waals surface area (Å²) in [5, 5.41) is 13.2. The quantitative estimate of drug-likeness (QED) is 0.0864. The van der Waals surface area contributed by atoms with Gasteiger partial charge in [0.15, 0.2) is 5.78 Å². The van der Waals surface area contributed by atoms with Crippen LogP contribution in [0.1, 0.15) is 106 Å². The van der Waals surface area contributed by atoms with Crippen molar-refractivity contribution < 1.29 is 34.4 Å². The zero-order valence-corrected chi connectivity index (χ0v) is 34.1. The second-order valence-electron chi connectivity index (χ2n) is 15.5. The van der Waals surface area contributed by atoms with E-state index in [0.717, 1.165) is 71.0 Å². The van der Waals surface area contributed by atoms with Gasteiger partial charge in [-0.2, -0.15) is 0 Å². The molecule has 5 rings (SSSR count). The number of aliphatic hydroxyl groups is 1. The second-order valence-corrected chi connectivity index (χ2v) is 15.5. The maximum atomic E-state index is 11.7. The van der Waals surface area contributed by atoms with Crippen molar-refractivity contribution in [2.45, 2.75) is 107 Å². The number of fused-ring (bicyclic) bond motifs is 2. The fraction of sp³-hybridized carbons (Fsp3) is 0.422. The van der Waals surface area contributed by atoms with Crippen LogP contribution in [0.4, 0.5) is 0 Å². The van der Waals surface area contributed by atoms with Gasteiger partial charge in [-0.15, -0.1) is 29.1 Å². The van der Waals surface area contributed by atoms with Gasteiger partial charge in [-0.25, -0.2) is 0 Å². The van der Waals surface area contributed by atoms with Crippen LogP contribution in [0.25, 0.3) is 44.3 Å². The SMILES string of the molecule is CC(C)(C)Cc1ccc2cc(-c3ccnc(-c4[c-]c5ccccc5c(C(C)(C)C)c4)c3)oc2c1.CCC(CC)C(=O)/C=C(\O)C(CC)CC.[Ir]. The van der Waals surface area contributed by atoms with Crippen LogP contribution in [0.3, 0.4) is 0 Å². The van der Waals surface area contributed by atoms with E-state index in [1.807, 2.05) is 40.0 Å². The van der Waals surface area contributed by atoms with Crippen molar-refractivity contribution in [1.29, 1.82) is 0 Å². The van der Waals surface area contributed by atoms with Gasteiger partial charge in [0.1, 0.15) is 11.3 Å². The number of hydrogen-bond donors (Lipinski definition) is 1. The second kappa shape index (κ2) is 17.6. The van der Waals surface area contributed by atoms with Crippen LogP contribution in [0.2, 0.25) is 0 Å². The molecule has 269 valence electrons. The summed E-state index contributed by atoms with van der Waals surface area (Å²) in [5.74, 6) is 1.41. The van der Waals surface area contributed by atoms with E-state index in [4.69, 9.17) is 9.40 Å². The van der Waals surface area contributed by atoms with Gasteiger partial charge in [0.05, 0.1) is 5.76 Å². The third-order valence-electron chi connectivity index (χ3n) is 9.30. The number of benzene rings is 3. The van der Waals surface area contributed by atoms with E-state index < -0.39 is 0 Å². The van der Waals surface area contributed by atoms with Gasteiger partial charge in [0.2, 0.25) is 0 Å². The number of rotatable bonds is 10. The molecule has 0 saturated carbocycles. The molecule has 5 aromatic rings. The van der Waals surface area contributed by atoms with Crippen molar-refractivity contribution in [3.05, 3.63) is 102 Å². The number of ketones is 1. The van der Waals surface area contributed by atoms with Crippen LogP contribution in [-0.2, 0) is 36.7 Å². The predicted molar refractivity (Wildman–Crippen MR) is 207 cm³/mol. The Morgan fingerprint density at radius 2 is 1.52 bits per heavy atom. The standard InChI is InChI=1S/C32H32NO.C13H24O2.Ir/c1-31(2,3)20-21-11-12-23-19-30(34-29(23)15-21)24-13-14-33-28(18-24)25-16-22-9-7-8-10-26(22)27(17-25)32(4,5)6;1-5-10(6-2)12(14)9-13(15)11(7-3)8-4;/h7-15,17-19H,20H2,1-6H3;9-11,14H,5-8H2,1-4H3;/q-1;;/b;12-9-;. The van der Waals surface area contributed by atoms with E-state index in [1.54, 1.807) is 0 Å². The monoisotopic (exact) mass is 851 g/mol. The van der Waals surface area contributed by atoms with E-state index in [9.17, 15) is 9.90 Å². The summed E-state index contributed by atoms with van der Waals surface area (Å²) in [6.45, 7) is 21.6. The first kappa shape index (κ1) is 40.9. The minimum absolute atomic E-state index is 0. The Bertz CT molecular complexity index is 1900. The number of aromatic nitrogens is 1. The van der Waals surface area contributed by atoms with Crippen LogP contribution in [0.15, 0.2) is 89.2 Å².